The zero-order chi connectivity index (χ0) is 16.5. The van der Waals surface area contributed by atoms with Gasteiger partial charge in [-0.15, -0.1) is 0 Å². The van der Waals surface area contributed by atoms with E-state index in [2.05, 4.69) is 10.6 Å². The molecule has 5 nitrogen and oxygen atoms in total. The second-order valence-electron chi connectivity index (χ2n) is 5.62. The van der Waals surface area contributed by atoms with Gasteiger partial charge in [-0.1, -0.05) is 23.7 Å². The van der Waals surface area contributed by atoms with Crippen molar-refractivity contribution >= 4 is 17.7 Å². The predicted molar refractivity (Wildman–Crippen MR) is 90.8 cm³/mol. The zero-order valence-electron chi connectivity index (χ0n) is 13.5. The molecule has 6 heteroatoms. The summed E-state index contributed by atoms with van der Waals surface area (Å²) in [6.45, 7) is 4.99. The molecule has 128 valence electrons. The largest absolute Gasteiger partial charge is 0.447 e. The average molecular weight is 341 g/mol. The maximum Gasteiger partial charge on any atom is 0.407 e. The monoisotopic (exact) mass is 340 g/mol. The van der Waals surface area contributed by atoms with Crippen molar-refractivity contribution < 1.29 is 14.3 Å². The highest BCUT2D eigenvalue weighted by Gasteiger charge is 2.26. The second-order valence-corrected chi connectivity index (χ2v) is 6.06. The highest BCUT2D eigenvalue weighted by Crippen LogP contribution is 2.31. The van der Waals surface area contributed by atoms with Gasteiger partial charge in [-0.3, -0.25) is 0 Å². The van der Waals surface area contributed by atoms with Crippen LogP contribution < -0.4 is 10.6 Å². The molecule has 0 saturated carbocycles. The molecule has 1 heterocycles. The highest BCUT2D eigenvalue weighted by molar-refractivity contribution is 6.30. The molecule has 1 saturated heterocycles. The molecule has 0 bridgehead atoms. The smallest absolute Gasteiger partial charge is 0.407 e. The Bertz CT molecular complexity index is 492. The Morgan fingerprint density at radius 3 is 3.04 bits per heavy atom. The van der Waals surface area contributed by atoms with E-state index < -0.39 is 6.09 Å². The number of carbonyl (C=O) groups excluding carboxylic acids is 1. The molecular formula is C17H25ClN2O3. The van der Waals surface area contributed by atoms with Gasteiger partial charge in [-0.25, -0.2) is 4.79 Å². The van der Waals surface area contributed by atoms with Crippen molar-refractivity contribution in [1.29, 1.82) is 0 Å². The highest BCUT2D eigenvalue weighted by atomic mass is 35.5. The molecule has 0 radical (unpaired) electrons. The van der Waals surface area contributed by atoms with Crippen LogP contribution in [-0.4, -0.2) is 38.9 Å². The number of hydrogen-bond donors (Lipinski definition) is 2. The molecule has 1 amide bonds. The van der Waals surface area contributed by atoms with Crippen molar-refractivity contribution in [3.8, 4) is 0 Å². The van der Waals surface area contributed by atoms with Crippen LogP contribution in [0.1, 0.15) is 31.4 Å². The number of carbonyl (C=O) groups is 1. The number of nitrogens with one attached hydrogen (secondary N) is 2. The number of ether oxygens (including phenoxy) is 2. The minimum Gasteiger partial charge on any atom is -0.447 e. The molecule has 0 aliphatic carbocycles. The van der Waals surface area contributed by atoms with Gasteiger partial charge < -0.3 is 20.1 Å². The van der Waals surface area contributed by atoms with Crippen molar-refractivity contribution in [1.82, 2.24) is 10.6 Å². The first-order valence-electron chi connectivity index (χ1n) is 8.19. The SMILES string of the molecule is CCNC(=O)OCCO[C@@H](c1cccc(Cl)c1)C1CCCNC1. The molecule has 2 rings (SSSR count). The molecule has 2 N–H and O–H groups in total. The fraction of sp³-hybridized carbons (Fsp3) is 0.588. The second kappa shape index (κ2) is 9.75. The Morgan fingerprint density at radius 2 is 2.35 bits per heavy atom. The topological polar surface area (TPSA) is 59.6 Å². The first-order valence-corrected chi connectivity index (χ1v) is 8.57. The molecule has 1 aromatic rings. The van der Waals surface area contributed by atoms with E-state index in [9.17, 15) is 4.79 Å². The van der Waals surface area contributed by atoms with Gasteiger partial charge in [0.25, 0.3) is 0 Å². The average Bonchev–Trinajstić information content (AvgIpc) is 2.56. The molecule has 1 fully saturated rings. The van der Waals surface area contributed by atoms with E-state index in [0.717, 1.165) is 31.5 Å². The number of alkyl carbamates (subject to hydrolysis) is 1. The van der Waals surface area contributed by atoms with Crippen LogP contribution in [0.25, 0.3) is 0 Å². The maximum atomic E-state index is 11.3. The fourth-order valence-electron chi connectivity index (χ4n) is 2.83. The predicted octanol–water partition coefficient (Wildman–Crippen LogP) is 3.14. The summed E-state index contributed by atoms with van der Waals surface area (Å²) in [4.78, 5) is 11.3. The Balaban J connectivity index is 1.92. The molecular weight excluding hydrogens is 316 g/mol. The number of piperidine rings is 1. The number of amides is 1. The lowest BCUT2D eigenvalue weighted by molar-refractivity contribution is -0.0164. The van der Waals surface area contributed by atoms with Crippen LogP contribution in [-0.2, 0) is 9.47 Å². The van der Waals surface area contributed by atoms with Crippen molar-refractivity contribution in [2.24, 2.45) is 5.92 Å². The van der Waals surface area contributed by atoms with E-state index in [4.69, 9.17) is 21.1 Å². The number of rotatable bonds is 7. The molecule has 0 aromatic heterocycles. The summed E-state index contributed by atoms with van der Waals surface area (Å²) in [7, 11) is 0. The standard InChI is InChI=1S/C17H25ClN2O3/c1-2-20-17(21)23-10-9-22-16(14-6-4-8-19-12-14)13-5-3-7-15(18)11-13/h3,5,7,11,14,16,19H,2,4,6,8-10,12H2,1H3,(H,20,21)/t14?,16-/m0/s1. The first-order chi connectivity index (χ1) is 11.2. The molecule has 2 atom stereocenters. The van der Waals surface area contributed by atoms with Gasteiger partial charge in [0.05, 0.1) is 12.7 Å². The minimum atomic E-state index is -0.408. The summed E-state index contributed by atoms with van der Waals surface area (Å²) in [6.07, 6.45) is 1.80. The fourth-order valence-corrected chi connectivity index (χ4v) is 3.03. The van der Waals surface area contributed by atoms with E-state index in [1.54, 1.807) is 0 Å². The van der Waals surface area contributed by atoms with Gasteiger partial charge in [-0.05, 0) is 44.0 Å². The third kappa shape index (κ3) is 6.01. The minimum absolute atomic E-state index is 0.0423. The molecule has 23 heavy (non-hydrogen) atoms. The normalized spacial score (nSPS) is 19.1. The number of halogens is 1. The molecule has 1 unspecified atom stereocenters. The van der Waals surface area contributed by atoms with Crippen molar-refractivity contribution in [3.63, 3.8) is 0 Å². The Morgan fingerprint density at radius 1 is 1.48 bits per heavy atom. The van der Waals surface area contributed by atoms with Crippen molar-refractivity contribution in [2.75, 3.05) is 32.8 Å². The van der Waals surface area contributed by atoms with Crippen LogP contribution in [0.15, 0.2) is 24.3 Å². The molecule has 1 aliphatic heterocycles. The van der Waals surface area contributed by atoms with Crippen LogP contribution >= 0.6 is 11.6 Å². The van der Waals surface area contributed by atoms with Crippen molar-refractivity contribution in [3.05, 3.63) is 34.9 Å². The van der Waals surface area contributed by atoms with Crippen LogP contribution in [0.5, 0.6) is 0 Å². The van der Waals surface area contributed by atoms with E-state index in [1.807, 2.05) is 31.2 Å². The van der Waals surface area contributed by atoms with Gasteiger partial charge in [0.2, 0.25) is 0 Å². The van der Waals surface area contributed by atoms with Gasteiger partial charge >= 0.3 is 6.09 Å². The first kappa shape index (κ1) is 18.0. The summed E-state index contributed by atoms with van der Waals surface area (Å²) < 4.78 is 11.1. The van der Waals surface area contributed by atoms with Gasteiger partial charge in [-0.2, -0.15) is 0 Å². The maximum absolute atomic E-state index is 11.3. The van der Waals surface area contributed by atoms with Crippen LogP contribution in [0.3, 0.4) is 0 Å². The zero-order valence-corrected chi connectivity index (χ0v) is 14.3. The quantitative estimate of drug-likeness (QED) is 0.749. The third-order valence-electron chi connectivity index (χ3n) is 3.88. The van der Waals surface area contributed by atoms with E-state index >= 15 is 0 Å². The number of hydrogen-bond acceptors (Lipinski definition) is 4. The summed E-state index contributed by atoms with van der Waals surface area (Å²) in [5.41, 5.74) is 1.07. The molecule has 0 spiro atoms. The Kier molecular flexibility index (Phi) is 7.65. The Hall–Kier alpha value is -1.30. The van der Waals surface area contributed by atoms with Crippen LogP contribution in [0.2, 0.25) is 5.02 Å². The van der Waals surface area contributed by atoms with E-state index in [0.29, 0.717) is 24.1 Å². The van der Waals surface area contributed by atoms with E-state index in [1.165, 1.54) is 0 Å². The summed E-state index contributed by atoms with van der Waals surface area (Å²) in [5.74, 6) is 0.395. The Labute approximate surface area is 142 Å². The summed E-state index contributed by atoms with van der Waals surface area (Å²) in [6, 6.07) is 7.79. The lowest BCUT2D eigenvalue weighted by atomic mass is 9.89. The third-order valence-corrected chi connectivity index (χ3v) is 4.11. The van der Waals surface area contributed by atoms with Crippen LogP contribution in [0, 0.1) is 5.92 Å². The lowest BCUT2D eigenvalue weighted by Gasteiger charge is -2.31. The molecule has 1 aliphatic rings. The number of benzene rings is 1. The van der Waals surface area contributed by atoms with Gasteiger partial charge in [0, 0.05) is 24.0 Å². The van der Waals surface area contributed by atoms with E-state index in [-0.39, 0.29) is 12.7 Å². The lowest BCUT2D eigenvalue weighted by Crippen LogP contribution is -2.34. The van der Waals surface area contributed by atoms with Gasteiger partial charge in [0.1, 0.15) is 6.61 Å². The summed E-state index contributed by atoms with van der Waals surface area (Å²) >= 11 is 6.12. The molecule has 1 aromatic carbocycles. The van der Waals surface area contributed by atoms with Gasteiger partial charge in [0.15, 0.2) is 0 Å². The van der Waals surface area contributed by atoms with Crippen molar-refractivity contribution in [2.45, 2.75) is 25.9 Å². The summed E-state index contributed by atoms with van der Waals surface area (Å²) in [5, 5.41) is 6.72. The van der Waals surface area contributed by atoms with Crippen LogP contribution in [0.4, 0.5) is 4.79 Å².